The standard InChI is InChI=1S/C9H12BrNO3/c1-6(9(12)13)11(2)5-7-3-4-8(10)14-7/h3-4,6H,5H2,1-2H3,(H,12,13). The van der Waals surface area contributed by atoms with Crippen LogP contribution in [-0.4, -0.2) is 29.1 Å². The molecule has 0 aliphatic carbocycles. The minimum Gasteiger partial charge on any atom is -0.480 e. The number of likely N-dealkylation sites (N-methyl/N-ethyl adjacent to an activating group) is 1. The third-order valence-corrected chi connectivity index (χ3v) is 2.48. The molecule has 0 saturated carbocycles. The van der Waals surface area contributed by atoms with E-state index in [4.69, 9.17) is 9.52 Å². The average molecular weight is 262 g/mol. The Kier molecular flexibility index (Phi) is 3.71. The summed E-state index contributed by atoms with van der Waals surface area (Å²) in [6, 6.07) is 3.09. The van der Waals surface area contributed by atoms with Crippen molar-refractivity contribution in [1.82, 2.24) is 4.90 Å². The first-order chi connectivity index (χ1) is 6.50. The first-order valence-electron chi connectivity index (χ1n) is 4.18. The summed E-state index contributed by atoms with van der Waals surface area (Å²) in [7, 11) is 1.75. The monoisotopic (exact) mass is 261 g/mol. The molecule has 0 radical (unpaired) electrons. The smallest absolute Gasteiger partial charge is 0.320 e. The molecule has 0 amide bonds. The molecule has 5 heteroatoms. The second kappa shape index (κ2) is 4.61. The van der Waals surface area contributed by atoms with Crippen LogP contribution >= 0.6 is 15.9 Å². The zero-order valence-corrected chi connectivity index (χ0v) is 9.61. The molecular weight excluding hydrogens is 250 g/mol. The molecule has 14 heavy (non-hydrogen) atoms. The van der Waals surface area contributed by atoms with E-state index in [0.29, 0.717) is 11.2 Å². The molecule has 0 spiro atoms. The molecule has 78 valence electrons. The molecular formula is C9H12BrNO3. The number of nitrogens with zero attached hydrogens (tertiary/aromatic N) is 1. The zero-order chi connectivity index (χ0) is 10.7. The van der Waals surface area contributed by atoms with Crippen molar-refractivity contribution in [3.05, 3.63) is 22.6 Å². The predicted molar refractivity (Wildman–Crippen MR) is 55.0 cm³/mol. The minimum atomic E-state index is -0.835. The van der Waals surface area contributed by atoms with Crippen molar-refractivity contribution in [1.29, 1.82) is 0 Å². The molecule has 0 saturated heterocycles. The summed E-state index contributed by atoms with van der Waals surface area (Å²) >= 11 is 3.19. The highest BCUT2D eigenvalue weighted by atomic mass is 79.9. The fraction of sp³-hybridized carbons (Fsp3) is 0.444. The van der Waals surface area contributed by atoms with E-state index in [1.807, 2.05) is 6.07 Å². The van der Waals surface area contributed by atoms with Gasteiger partial charge in [0.25, 0.3) is 0 Å². The Bertz CT molecular complexity index is 324. The summed E-state index contributed by atoms with van der Waals surface area (Å²) < 4.78 is 5.92. The van der Waals surface area contributed by atoms with Crippen molar-refractivity contribution in [2.45, 2.75) is 19.5 Å². The van der Waals surface area contributed by atoms with Gasteiger partial charge < -0.3 is 9.52 Å². The quantitative estimate of drug-likeness (QED) is 0.901. The molecule has 1 atom stereocenters. The molecule has 1 heterocycles. The number of rotatable bonds is 4. The van der Waals surface area contributed by atoms with Gasteiger partial charge in [0.2, 0.25) is 0 Å². The van der Waals surface area contributed by atoms with E-state index in [1.54, 1.807) is 24.9 Å². The van der Waals surface area contributed by atoms with E-state index in [9.17, 15) is 4.79 Å². The number of hydrogen-bond acceptors (Lipinski definition) is 3. The summed E-state index contributed by atoms with van der Waals surface area (Å²) in [5.74, 6) is -0.0920. The third-order valence-electron chi connectivity index (χ3n) is 2.05. The van der Waals surface area contributed by atoms with E-state index in [1.165, 1.54) is 0 Å². The van der Waals surface area contributed by atoms with E-state index in [2.05, 4.69) is 15.9 Å². The van der Waals surface area contributed by atoms with Crippen LogP contribution in [0.2, 0.25) is 0 Å². The lowest BCUT2D eigenvalue weighted by molar-refractivity contribution is -0.142. The first kappa shape index (κ1) is 11.3. The number of carboxylic acids is 1. The number of carbonyl (C=O) groups is 1. The van der Waals surface area contributed by atoms with E-state index in [0.717, 1.165) is 5.76 Å². The van der Waals surface area contributed by atoms with Gasteiger partial charge in [0.1, 0.15) is 11.8 Å². The van der Waals surface area contributed by atoms with E-state index < -0.39 is 12.0 Å². The maximum absolute atomic E-state index is 10.7. The molecule has 0 aliphatic heterocycles. The molecule has 1 unspecified atom stereocenters. The second-order valence-corrected chi connectivity index (χ2v) is 3.92. The highest BCUT2D eigenvalue weighted by Crippen LogP contribution is 2.15. The Balaban J connectivity index is 2.56. The summed E-state index contributed by atoms with van der Waals surface area (Å²) in [6.45, 7) is 2.12. The zero-order valence-electron chi connectivity index (χ0n) is 8.03. The lowest BCUT2D eigenvalue weighted by atomic mass is 10.3. The van der Waals surface area contributed by atoms with Crippen LogP contribution in [0.25, 0.3) is 0 Å². The normalized spacial score (nSPS) is 13.1. The molecule has 4 nitrogen and oxygen atoms in total. The topological polar surface area (TPSA) is 53.7 Å². The van der Waals surface area contributed by atoms with Gasteiger partial charge in [-0.15, -0.1) is 0 Å². The van der Waals surface area contributed by atoms with Crippen LogP contribution in [-0.2, 0) is 11.3 Å². The molecule has 0 fully saturated rings. The summed E-state index contributed by atoms with van der Waals surface area (Å²) in [5, 5.41) is 8.75. The Morgan fingerprint density at radius 3 is 2.79 bits per heavy atom. The maximum atomic E-state index is 10.7. The van der Waals surface area contributed by atoms with Crippen LogP contribution in [0.4, 0.5) is 0 Å². The van der Waals surface area contributed by atoms with Crippen LogP contribution in [0.3, 0.4) is 0 Å². The van der Waals surface area contributed by atoms with Gasteiger partial charge in [0, 0.05) is 0 Å². The van der Waals surface area contributed by atoms with Gasteiger partial charge in [-0.3, -0.25) is 9.69 Å². The Morgan fingerprint density at radius 1 is 1.71 bits per heavy atom. The number of aliphatic carboxylic acids is 1. The molecule has 0 aromatic carbocycles. The summed E-state index contributed by atoms with van der Waals surface area (Å²) in [6.07, 6.45) is 0. The van der Waals surface area contributed by atoms with Crippen molar-refractivity contribution in [3.8, 4) is 0 Å². The van der Waals surface area contributed by atoms with Crippen molar-refractivity contribution in [3.63, 3.8) is 0 Å². The largest absolute Gasteiger partial charge is 0.480 e. The first-order valence-corrected chi connectivity index (χ1v) is 4.97. The fourth-order valence-corrected chi connectivity index (χ4v) is 1.35. The van der Waals surface area contributed by atoms with Crippen LogP contribution in [0.15, 0.2) is 21.2 Å². The number of hydrogen-bond donors (Lipinski definition) is 1. The fourth-order valence-electron chi connectivity index (χ4n) is 1.01. The predicted octanol–water partition coefficient (Wildman–Crippen LogP) is 1.95. The highest BCUT2D eigenvalue weighted by molar-refractivity contribution is 9.10. The Morgan fingerprint density at radius 2 is 2.36 bits per heavy atom. The van der Waals surface area contributed by atoms with Crippen molar-refractivity contribution >= 4 is 21.9 Å². The molecule has 1 aromatic rings. The van der Waals surface area contributed by atoms with Gasteiger partial charge in [-0.2, -0.15) is 0 Å². The molecule has 1 aromatic heterocycles. The van der Waals surface area contributed by atoms with Gasteiger partial charge in [0.15, 0.2) is 4.67 Å². The molecule has 0 aliphatic rings. The molecule has 0 bridgehead atoms. The van der Waals surface area contributed by atoms with Crippen LogP contribution < -0.4 is 0 Å². The second-order valence-electron chi connectivity index (χ2n) is 3.14. The van der Waals surface area contributed by atoms with E-state index in [-0.39, 0.29) is 0 Å². The van der Waals surface area contributed by atoms with Gasteiger partial charge in [-0.1, -0.05) is 0 Å². The highest BCUT2D eigenvalue weighted by Gasteiger charge is 2.17. The van der Waals surface area contributed by atoms with Gasteiger partial charge >= 0.3 is 5.97 Å². The molecule has 1 N–H and O–H groups in total. The SMILES string of the molecule is CC(C(=O)O)N(C)Cc1ccc(Br)o1. The lowest BCUT2D eigenvalue weighted by Gasteiger charge is -2.19. The minimum absolute atomic E-state index is 0.485. The maximum Gasteiger partial charge on any atom is 0.320 e. The van der Waals surface area contributed by atoms with Crippen LogP contribution in [0.5, 0.6) is 0 Å². The van der Waals surface area contributed by atoms with Crippen LogP contribution in [0, 0.1) is 0 Å². The number of carboxylic acid groups (broad SMARTS) is 1. The van der Waals surface area contributed by atoms with Crippen molar-refractivity contribution < 1.29 is 14.3 Å². The molecule has 1 rings (SSSR count). The number of halogens is 1. The van der Waals surface area contributed by atoms with Crippen molar-refractivity contribution in [2.24, 2.45) is 0 Å². The Labute approximate surface area is 90.6 Å². The van der Waals surface area contributed by atoms with Gasteiger partial charge in [-0.05, 0) is 42.0 Å². The Hall–Kier alpha value is -0.810. The third kappa shape index (κ3) is 2.85. The summed E-state index contributed by atoms with van der Waals surface area (Å²) in [5.41, 5.74) is 0. The van der Waals surface area contributed by atoms with E-state index >= 15 is 0 Å². The van der Waals surface area contributed by atoms with Crippen molar-refractivity contribution in [2.75, 3.05) is 7.05 Å². The summed E-state index contributed by atoms with van der Waals surface area (Å²) in [4.78, 5) is 12.4. The lowest BCUT2D eigenvalue weighted by Crippen LogP contribution is -2.35. The van der Waals surface area contributed by atoms with Crippen LogP contribution in [0.1, 0.15) is 12.7 Å². The van der Waals surface area contributed by atoms with Gasteiger partial charge in [-0.25, -0.2) is 0 Å². The average Bonchev–Trinajstić information content (AvgIpc) is 2.49. The number of furan rings is 1. The van der Waals surface area contributed by atoms with Gasteiger partial charge in [0.05, 0.1) is 6.54 Å².